The minimum absolute atomic E-state index is 0.0894. The van der Waals surface area contributed by atoms with E-state index in [1.54, 1.807) is 0 Å². The minimum atomic E-state index is -0.367. The predicted octanol–water partition coefficient (Wildman–Crippen LogP) is 1.44. The Labute approximate surface area is 90.1 Å². The van der Waals surface area contributed by atoms with E-state index in [1.807, 2.05) is 20.8 Å². The largest absolute Gasteiger partial charge is 0.329 e. The Balaban J connectivity index is 3.61. The molecule has 0 aliphatic carbocycles. The normalized spacial score (nSPS) is 10.9. The number of rotatable bonds is 2. The zero-order valence-corrected chi connectivity index (χ0v) is 10.0. The molecule has 14 heavy (non-hydrogen) atoms. The highest BCUT2D eigenvalue weighted by atomic mass is 79.9. The molecule has 1 aromatic rings. The molecule has 0 aliphatic heterocycles. The maximum absolute atomic E-state index is 11.5. The van der Waals surface area contributed by atoms with E-state index in [-0.39, 0.29) is 17.2 Å². The molecule has 0 unspecified atom stereocenters. The second kappa shape index (κ2) is 4.13. The predicted molar refractivity (Wildman–Crippen MR) is 58.8 cm³/mol. The molecule has 0 aliphatic rings. The quantitative estimate of drug-likeness (QED) is 0.819. The second-order valence-electron chi connectivity index (χ2n) is 3.36. The van der Waals surface area contributed by atoms with Crippen LogP contribution in [0.2, 0.25) is 0 Å². The van der Waals surface area contributed by atoms with Gasteiger partial charge in [0.25, 0.3) is 5.56 Å². The van der Waals surface area contributed by atoms with Crippen LogP contribution in [0.1, 0.15) is 32.3 Å². The van der Waals surface area contributed by atoms with Crippen LogP contribution in [0.4, 0.5) is 0 Å². The first-order valence-corrected chi connectivity index (χ1v) is 5.30. The third-order valence-electron chi connectivity index (χ3n) is 2.06. The zero-order valence-electron chi connectivity index (χ0n) is 8.43. The van der Waals surface area contributed by atoms with Crippen LogP contribution in [0.5, 0.6) is 0 Å². The first kappa shape index (κ1) is 11.2. The molecule has 1 N–H and O–H groups in total. The van der Waals surface area contributed by atoms with Crippen molar-refractivity contribution in [2.24, 2.45) is 0 Å². The molecule has 0 saturated carbocycles. The van der Waals surface area contributed by atoms with E-state index in [0.29, 0.717) is 16.7 Å². The average Bonchev–Trinajstić information content (AvgIpc) is 2.02. The van der Waals surface area contributed by atoms with E-state index < -0.39 is 0 Å². The van der Waals surface area contributed by atoms with Crippen LogP contribution in [0.3, 0.4) is 0 Å². The van der Waals surface area contributed by atoms with Crippen molar-refractivity contribution in [2.75, 3.05) is 0 Å². The summed E-state index contributed by atoms with van der Waals surface area (Å²) in [4.78, 5) is 25.1. The number of nitrogens with zero attached hydrogens (tertiary/aromatic N) is 1. The van der Waals surface area contributed by atoms with E-state index in [1.165, 1.54) is 4.57 Å². The zero-order chi connectivity index (χ0) is 10.9. The number of hydrogen-bond acceptors (Lipinski definition) is 2. The fraction of sp³-hybridized carbons (Fsp3) is 0.556. The Kier molecular flexibility index (Phi) is 3.31. The monoisotopic (exact) mass is 260 g/mol. The number of nitrogens with one attached hydrogen (secondary N) is 1. The highest BCUT2D eigenvalue weighted by Gasteiger charge is 2.14. The first-order valence-electron chi connectivity index (χ1n) is 4.51. The molecular weight excluding hydrogens is 248 g/mol. The summed E-state index contributed by atoms with van der Waals surface area (Å²) in [5, 5.41) is 0. The standard InChI is InChI=1S/C9H13BrN2O2/c1-4-12-7(10)6(5(2)3)8(13)11-9(12)14/h5H,4H2,1-3H3,(H,11,13,14). The van der Waals surface area contributed by atoms with Gasteiger partial charge in [0.05, 0.1) is 10.2 Å². The summed E-state index contributed by atoms with van der Waals surface area (Å²) in [5.41, 5.74) is -0.0539. The van der Waals surface area contributed by atoms with Gasteiger partial charge < -0.3 is 0 Å². The molecule has 0 saturated heterocycles. The highest BCUT2D eigenvalue weighted by molar-refractivity contribution is 9.10. The molecule has 0 fully saturated rings. The molecule has 0 radical (unpaired) electrons. The highest BCUT2D eigenvalue weighted by Crippen LogP contribution is 2.18. The maximum atomic E-state index is 11.5. The molecule has 0 amide bonds. The van der Waals surface area contributed by atoms with Gasteiger partial charge in [-0.25, -0.2) is 4.79 Å². The Morgan fingerprint density at radius 2 is 2.00 bits per heavy atom. The van der Waals surface area contributed by atoms with Crippen LogP contribution in [0.15, 0.2) is 14.2 Å². The molecule has 1 heterocycles. The Morgan fingerprint density at radius 3 is 2.43 bits per heavy atom. The summed E-state index contributed by atoms with van der Waals surface area (Å²) in [6, 6.07) is 0. The van der Waals surface area contributed by atoms with Crippen molar-refractivity contribution >= 4 is 15.9 Å². The van der Waals surface area contributed by atoms with Crippen LogP contribution in [0.25, 0.3) is 0 Å². The van der Waals surface area contributed by atoms with Crippen molar-refractivity contribution in [3.8, 4) is 0 Å². The second-order valence-corrected chi connectivity index (χ2v) is 4.11. The minimum Gasteiger partial charge on any atom is -0.288 e. The number of aromatic amines is 1. The summed E-state index contributed by atoms with van der Waals surface area (Å²) in [6.45, 7) is 6.23. The van der Waals surface area contributed by atoms with Gasteiger partial charge in [0.15, 0.2) is 0 Å². The van der Waals surface area contributed by atoms with Gasteiger partial charge in [-0.3, -0.25) is 14.3 Å². The van der Waals surface area contributed by atoms with Crippen molar-refractivity contribution in [3.05, 3.63) is 31.0 Å². The third-order valence-corrected chi connectivity index (χ3v) is 2.92. The smallest absolute Gasteiger partial charge is 0.288 e. The third kappa shape index (κ3) is 1.82. The molecule has 5 heteroatoms. The SMILES string of the molecule is CCn1c(Br)c(C(C)C)c(=O)[nH]c1=O. The first-order chi connectivity index (χ1) is 6.49. The number of aromatic nitrogens is 2. The van der Waals surface area contributed by atoms with Crippen molar-refractivity contribution in [1.29, 1.82) is 0 Å². The molecule has 0 bridgehead atoms. The van der Waals surface area contributed by atoms with Crippen LogP contribution in [0, 0.1) is 0 Å². The van der Waals surface area contributed by atoms with Crippen molar-refractivity contribution in [3.63, 3.8) is 0 Å². The summed E-state index contributed by atoms with van der Waals surface area (Å²) < 4.78 is 2.08. The van der Waals surface area contributed by atoms with Crippen LogP contribution in [-0.4, -0.2) is 9.55 Å². The Bertz CT molecular complexity index is 445. The van der Waals surface area contributed by atoms with Gasteiger partial charge in [0.1, 0.15) is 0 Å². The fourth-order valence-electron chi connectivity index (χ4n) is 1.34. The van der Waals surface area contributed by atoms with E-state index >= 15 is 0 Å². The Hall–Kier alpha value is -0.840. The summed E-state index contributed by atoms with van der Waals surface area (Å²) in [6.07, 6.45) is 0. The lowest BCUT2D eigenvalue weighted by atomic mass is 10.1. The summed E-state index contributed by atoms with van der Waals surface area (Å²) >= 11 is 3.29. The summed E-state index contributed by atoms with van der Waals surface area (Å²) in [7, 11) is 0. The maximum Gasteiger partial charge on any atom is 0.329 e. The van der Waals surface area contributed by atoms with E-state index in [0.717, 1.165) is 0 Å². The van der Waals surface area contributed by atoms with Crippen molar-refractivity contribution < 1.29 is 0 Å². The van der Waals surface area contributed by atoms with Crippen LogP contribution < -0.4 is 11.2 Å². The van der Waals surface area contributed by atoms with Gasteiger partial charge in [-0.15, -0.1) is 0 Å². The van der Waals surface area contributed by atoms with Gasteiger partial charge in [-0.1, -0.05) is 13.8 Å². The molecule has 0 spiro atoms. The molecule has 1 rings (SSSR count). The lowest BCUT2D eigenvalue weighted by molar-refractivity contribution is 0.650. The summed E-state index contributed by atoms with van der Waals surface area (Å²) in [5.74, 6) is 0.0894. The molecular formula is C9H13BrN2O2. The number of hydrogen-bond donors (Lipinski definition) is 1. The van der Waals surface area contributed by atoms with Crippen molar-refractivity contribution in [1.82, 2.24) is 9.55 Å². The topological polar surface area (TPSA) is 54.9 Å². The Morgan fingerprint density at radius 1 is 1.43 bits per heavy atom. The molecule has 1 aromatic heterocycles. The fourth-order valence-corrected chi connectivity index (χ4v) is 2.39. The van der Waals surface area contributed by atoms with Crippen LogP contribution >= 0.6 is 15.9 Å². The van der Waals surface area contributed by atoms with Gasteiger partial charge >= 0.3 is 5.69 Å². The van der Waals surface area contributed by atoms with Crippen molar-refractivity contribution in [2.45, 2.75) is 33.2 Å². The molecule has 78 valence electrons. The van der Waals surface area contributed by atoms with E-state index in [4.69, 9.17) is 0 Å². The lowest BCUT2D eigenvalue weighted by Gasteiger charge is -2.11. The van der Waals surface area contributed by atoms with Gasteiger partial charge in [-0.2, -0.15) is 0 Å². The van der Waals surface area contributed by atoms with E-state index in [9.17, 15) is 9.59 Å². The molecule has 0 aromatic carbocycles. The average molecular weight is 261 g/mol. The number of halogens is 1. The van der Waals surface area contributed by atoms with Gasteiger partial charge in [0.2, 0.25) is 0 Å². The molecule has 4 nitrogen and oxygen atoms in total. The number of H-pyrrole nitrogens is 1. The lowest BCUT2D eigenvalue weighted by Crippen LogP contribution is -2.33. The molecule has 0 atom stereocenters. The van der Waals surface area contributed by atoms with E-state index in [2.05, 4.69) is 20.9 Å². The van der Waals surface area contributed by atoms with Gasteiger partial charge in [-0.05, 0) is 28.8 Å². The van der Waals surface area contributed by atoms with Crippen LogP contribution in [-0.2, 0) is 6.54 Å². The van der Waals surface area contributed by atoms with Gasteiger partial charge in [0, 0.05) is 6.54 Å².